The Hall–Kier alpha value is -1.32. The van der Waals surface area contributed by atoms with Gasteiger partial charge in [0.2, 0.25) is 0 Å². The van der Waals surface area contributed by atoms with E-state index in [1.54, 1.807) is 0 Å². The molecule has 0 bridgehead atoms. The Morgan fingerprint density at radius 2 is 1.17 bits per heavy atom. The van der Waals surface area contributed by atoms with Crippen molar-refractivity contribution in [1.29, 1.82) is 0 Å². The van der Waals surface area contributed by atoms with Crippen molar-refractivity contribution in [2.75, 3.05) is 0 Å². The number of allylic oxidation sites excluding steroid dienone is 2. The fourth-order valence-electron chi connectivity index (χ4n) is 2.35. The highest BCUT2D eigenvalue weighted by Crippen LogP contribution is 2.09. The van der Waals surface area contributed by atoms with Crippen molar-refractivity contribution in [3.63, 3.8) is 0 Å². The molecule has 0 fully saturated rings. The molecule has 0 aromatic rings. The molecule has 0 aliphatic carbocycles. The van der Waals surface area contributed by atoms with Gasteiger partial charge in [-0.1, -0.05) is 70.4 Å². The van der Waals surface area contributed by atoms with Crippen LogP contribution in [0.1, 0.15) is 96.8 Å². The zero-order chi connectivity index (χ0) is 17.6. The average Bonchev–Trinajstić information content (AvgIpc) is 2.51. The van der Waals surface area contributed by atoms with Gasteiger partial charge in [-0.25, -0.2) is 0 Å². The second-order valence-corrected chi connectivity index (χ2v) is 5.83. The third kappa shape index (κ3) is 29.4. The van der Waals surface area contributed by atoms with Crippen LogP contribution < -0.4 is 0 Å². The van der Waals surface area contributed by atoms with E-state index in [9.17, 15) is 4.79 Å². The standard InChI is InChI=1S/C18H34O2.CH2O2/c1-2-3-4-5-6-7-8-9-10-11-12-13-14-15-16-17-18(19)20;2-1-3/h9-10H,2-8,11-17H2,1H3,(H,19,20);1H,(H,2,3). The summed E-state index contributed by atoms with van der Waals surface area (Å²) in [4.78, 5) is 18.7. The average molecular weight is 328 g/mol. The van der Waals surface area contributed by atoms with Gasteiger partial charge in [0.15, 0.2) is 0 Å². The van der Waals surface area contributed by atoms with Crippen molar-refractivity contribution in [1.82, 2.24) is 0 Å². The number of carboxylic acid groups (broad SMARTS) is 2. The minimum atomic E-state index is -0.664. The van der Waals surface area contributed by atoms with Crippen molar-refractivity contribution in [2.45, 2.75) is 96.8 Å². The summed E-state index contributed by atoms with van der Waals surface area (Å²) >= 11 is 0. The Bertz CT molecular complexity index is 275. The smallest absolute Gasteiger partial charge is 0.303 e. The second-order valence-electron chi connectivity index (χ2n) is 5.83. The van der Waals surface area contributed by atoms with Crippen LogP contribution in [-0.2, 0) is 9.59 Å². The summed E-state index contributed by atoms with van der Waals surface area (Å²) in [5.74, 6) is -0.664. The first-order valence-electron chi connectivity index (χ1n) is 9.13. The molecule has 0 rings (SSSR count). The van der Waals surface area contributed by atoms with Gasteiger partial charge < -0.3 is 10.2 Å². The van der Waals surface area contributed by atoms with Crippen LogP contribution in [0.4, 0.5) is 0 Å². The molecular formula is C19H36O4. The maximum absolute atomic E-state index is 10.3. The molecule has 0 atom stereocenters. The van der Waals surface area contributed by atoms with Crippen molar-refractivity contribution in [3.05, 3.63) is 12.2 Å². The van der Waals surface area contributed by atoms with Crippen LogP contribution >= 0.6 is 0 Å². The first-order valence-corrected chi connectivity index (χ1v) is 9.13. The van der Waals surface area contributed by atoms with Crippen LogP contribution in [0, 0.1) is 0 Å². The highest BCUT2D eigenvalue weighted by Gasteiger charge is 1.95. The zero-order valence-electron chi connectivity index (χ0n) is 14.8. The number of carbonyl (C=O) groups is 2. The minimum absolute atomic E-state index is 0.250. The fourth-order valence-corrected chi connectivity index (χ4v) is 2.35. The quantitative estimate of drug-likeness (QED) is 0.226. The van der Waals surface area contributed by atoms with Crippen molar-refractivity contribution in [3.8, 4) is 0 Å². The summed E-state index contributed by atoms with van der Waals surface area (Å²) in [7, 11) is 0. The van der Waals surface area contributed by atoms with Crippen molar-refractivity contribution >= 4 is 12.4 Å². The van der Waals surface area contributed by atoms with E-state index in [0.717, 1.165) is 12.8 Å². The van der Waals surface area contributed by atoms with E-state index < -0.39 is 5.97 Å². The van der Waals surface area contributed by atoms with Crippen LogP contribution in [0.15, 0.2) is 12.2 Å². The Morgan fingerprint density at radius 3 is 1.61 bits per heavy atom. The van der Waals surface area contributed by atoms with Crippen LogP contribution in [0.3, 0.4) is 0 Å². The maximum atomic E-state index is 10.3. The summed E-state index contributed by atoms with van der Waals surface area (Å²) in [5, 5.41) is 15.4. The highest BCUT2D eigenvalue weighted by molar-refractivity contribution is 5.66. The maximum Gasteiger partial charge on any atom is 0.303 e. The van der Waals surface area contributed by atoms with Gasteiger partial charge in [-0.2, -0.15) is 0 Å². The van der Waals surface area contributed by atoms with Gasteiger partial charge in [0.05, 0.1) is 0 Å². The lowest BCUT2D eigenvalue weighted by molar-refractivity contribution is -0.137. The topological polar surface area (TPSA) is 74.6 Å². The Balaban J connectivity index is 0. The summed E-state index contributed by atoms with van der Waals surface area (Å²) in [6.45, 7) is 2.01. The molecule has 0 unspecified atom stereocenters. The second kappa shape index (κ2) is 23.0. The predicted octanol–water partition coefficient (Wildman–Crippen LogP) is 5.81. The zero-order valence-corrected chi connectivity index (χ0v) is 14.8. The molecule has 0 aliphatic rings. The number of rotatable bonds is 15. The molecule has 4 nitrogen and oxygen atoms in total. The Morgan fingerprint density at radius 1 is 0.783 bits per heavy atom. The molecule has 0 aromatic carbocycles. The normalized spacial score (nSPS) is 10.3. The molecule has 0 saturated heterocycles. The number of aliphatic carboxylic acids is 1. The molecule has 0 heterocycles. The van der Waals surface area contributed by atoms with E-state index in [1.807, 2.05) is 0 Å². The summed E-state index contributed by atoms with van der Waals surface area (Å²) in [6, 6.07) is 0. The molecule has 0 aromatic heterocycles. The number of unbranched alkanes of at least 4 members (excludes halogenated alkanes) is 11. The van der Waals surface area contributed by atoms with Gasteiger partial charge in [0.25, 0.3) is 6.47 Å². The summed E-state index contributed by atoms with van der Waals surface area (Å²) < 4.78 is 0. The number of hydrogen-bond acceptors (Lipinski definition) is 2. The number of hydrogen-bond donors (Lipinski definition) is 2. The molecule has 136 valence electrons. The summed E-state index contributed by atoms with van der Waals surface area (Å²) in [5.41, 5.74) is 0. The minimum Gasteiger partial charge on any atom is -0.483 e. The lowest BCUT2D eigenvalue weighted by Crippen LogP contribution is -1.93. The molecule has 0 saturated carbocycles. The third-order valence-corrected chi connectivity index (χ3v) is 3.65. The SMILES string of the molecule is CCCCCCCCC=CCCCCCCCC(=O)O.O=CO. The molecule has 4 heteroatoms. The van der Waals surface area contributed by atoms with Gasteiger partial charge in [-0.05, 0) is 32.1 Å². The van der Waals surface area contributed by atoms with Crippen LogP contribution in [0.2, 0.25) is 0 Å². The molecule has 0 spiro atoms. The molecular weight excluding hydrogens is 292 g/mol. The van der Waals surface area contributed by atoms with Gasteiger partial charge in [0.1, 0.15) is 0 Å². The van der Waals surface area contributed by atoms with E-state index in [1.165, 1.54) is 70.6 Å². The third-order valence-electron chi connectivity index (χ3n) is 3.65. The van der Waals surface area contributed by atoms with E-state index in [2.05, 4.69) is 19.1 Å². The Labute approximate surface area is 142 Å². The fraction of sp³-hybridized carbons (Fsp3) is 0.789. The molecule has 23 heavy (non-hydrogen) atoms. The van der Waals surface area contributed by atoms with Gasteiger partial charge in [-0.3, -0.25) is 9.59 Å². The van der Waals surface area contributed by atoms with E-state index in [-0.39, 0.29) is 6.47 Å². The molecule has 2 N–H and O–H groups in total. The van der Waals surface area contributed by atoms with E-state index in [4.69, 9.17) is 15.0 Å². The molecule has 0 aliphatic heterocycles. The monoisotopic (exact) mass is 328 g/mol. The van der Waals surface area contributed by atoms with Crippen LogP contribution in [0.5, 0.6) is 0 Å². The van der Waals surface area contributed by atoms with Gasteiger partial charge in [-0.15, -0.1) is 0 Å². The van der Waals surface area contributed by atoms with E-state index in [0.29, 0.717) is 6.42 Å². The Kier molecular flexibility index (Phi) is 23.9. The first-order chi connectivity index (χ1) is 11.2. The summed E-state index contributed by atoms with van der Waals surface area (Å²) in [6.07, 6.45) is 21.2. The van der Waals surface area contributed by atoms with Gasteiger partial charge >= 0.3 is 5.97 Å². The first kappa shape index (κ1) is 23.9. The number of carboxylic acids is 1. The predicted molar refractivity (Wildman–Crippen MR) is 95.8 cm³/mol. The lowest BCUT2D eigenvalue weighted by Gasteiger charge is -1.99. The van der Waals surface area contributed by atoms with Crippen molar-refractivity contribution < 1.29 is 19.8 Å². The van der Waals surface area contributed by atoms with Crippen molar-refractivity contribution in [2.24, 2.45) is 0 Å². The molecule has 0 amide bonds. The largest absolute Gasteiger partial charge is 0.483 e. The highest BCUT2D eigenvalue weighted by atomic mass is 16.4. The lowest BCUT2D eigenvalue weighted by atomic mass is 10.1. The van der Waals surface area contributed by atoms with Crippen LogP contribution in [0.25, 0.3) is 0 Å². The van der Waals surface area contributed by atoms with Gasteiger partial charge in [0, 0.05) is 6.42 Å². The van der Waals surface area contributed by atoms with Crippen LogP contribution in [-0.4, -0.2) is 22.7 Å². The van der Waals surface area contributed by atoms with E-state index >= 15 is 0 Å². The molecule has 0 radical (unpaired) electrons.